The van der Waals surface area contributed by atoms with E-state index in [2.05, 4.69) is 9.97 Å². The fourth-order valence-corrected chi connectivity index (χ4v) is 3.34. The van der Waals surface area contributed by atoms with Crippen molar-refractivity contribution in [1.29, 1.82) is 0 Å². The highest BCUT2D eigenvalue weighted by Crippen LogP contribution is 2.35. The molecular weight excluding hydrogens is 308 g/mol. The number of carbonyl (C=O) groups excluding carboxylic acids is 1. The number of carbonyl (C=O) groups is 1. The quantitative estimate of drug-likeness (QED) is 0.717. The average molecular weight is 326 g/mol. The summed E-state index contributed by atoms with van der Waals surface area (Å²) in [5, 5.41) is 0.928. The van der Waals surface area contributed by atoms with Crippen molar-refractivity contribution in [3.8, 4) is 0 Å². The number of ether oxygens (including phenoxy) is 1. The van der Waals surface area contributed by atoms with E-state index in [0.29, 0.717) is 30.2 Å². The van der Waals surface area contributed by atoms with Crippen LogP contribution in [-0.2, 0) is 9.53 Å². The number of furan rings is 1. The van der Waals surface area contributed by atoms with Crippen molar-refractivity contribution in [3.63, 3.8) is 0 Å². The van der Waals surface area contributed by atoms with Crippen LogP contribution >= 0.6 is 0 Å². The lowest BCUT2D eigenvalue weighted by Crippen LogP contribution is -2.37. The van der Waals surface area contributed by atoms with Gasteiger partial charge in [0.05, 0.1) is 7.11 Å². The third kappa shape index (κ3) is 2.20. The van der Waals surface area contributed by atoms with Crippen LogP contribution < -0.4 is 10.6 Å². The predicted octanol–water partition coefficient (Wildman–Crippen LogP) is 1.76. The Labute approximate surface area is 138 Å². The number of para-hydroxylation sites is 1. The van der Waals surface area contributed by atoms with Gasteiger partial charge in [-0.2, -0.15) is 0 Å². The van der Waals surface area contributed by atoms with Crippen molar-refractivity contribution in [1.82, 2.24) is 9.97 Å². The van der Waals surface area contributed by atoms with E-state index in [1.807, 2.05) is 36.1 Å². The van der Waals surface area contributed by atoms with Gasteiger partial charge in [0.15, 0.2) is 11.4 Å². The van der Waals surface area contributed by atoms with Crippen molar-refractivity contribution < 1.29 is 13.9 Å². The summed E-state index contributed by atoms with van der Waals surface area (Å²) in [6, 6.07) is 7.12. The third-order valence-corrected chi connectivity index (χ3v) is 4.39. The van der Waals surface area contributed by atoms with Crippen molar-refractivity contribution in [3.05, 3.63) is 30.1 Å². The number of fused-ring (bicyclic) bond motifs is 3. The van der Waals surface area contributed by atoms with Crippen molar-refractivity contribution >= 4 is 33.9 Å². The van der Waals surface area contributed by atoms with Gasteiger partial charge in [-0.25, -0.2) is 14.8 Å². The van der Waals surface area contributed by atoms with E-state index in [-0.39, 0.29) is 12.0 Å². The third-order valence-electron chi connectivity index (χ3n) is 4.39. The smallest absolute Gasteiger partial charge is 0.328 e. The molecule has 0 radical (unpaired) electrons. The van der Waals surface area contributed by atoms with Crippen molar-refractivity contribution in [2.75, 3.05) is 18.6 Å². The second-order valence-electron chi connectivity index (χ2n) is 6.06. The van der Waals surface area contributed by atoms with Gasteiger partial charge in [-0.1, -0.05) is 12.1 Å². The Kier molecular flexibility index (Phi) is 3.38. The summed E-state index contributed by atoms with van der Waals surface area (Å²) in [6.07, 6.45) is 0.525. The lowest BCUT2D eigenvalue weighted by atomic mass is 10.2. The largest absolute Gasteiger partial charge is 0.467 e. The molecule has 7 heteroatoms. The van der Waals surface area contributed by atoms with E-state index >= 15 is 0 Å². The highest BCUT2D eigenvalue weighted by Gasteiger charge is 2.38. The first-order valence-corrected chi connectivity index (χ1v) is 7.84. The molecule has 1 aliphatic heterocycles. The number of aryl methyl sites for hydroxylation is 1. The lowest BCUT2D eigenvalue weighted by Gasteiger charge is -2.23. The molecule has 3 aromatic rings. The average Bonchev–Trinajstić information content (AvgIpc) is 3.14. The summed E-state index contributed by atoms with van der Waals surface area (Å²) < 4.78 is 10.9. The number of hydrogen-bond donors (Lipinski definition) is 1. The van der Waals surface area contributed by atoms with Gasteiger partial charge in [0.2, 0.25) is 0 Å². The molecule has 2 N–H and O–H groups in total. The SMILES string of the molecule is COC(=O)[C@@H]1C[C@H](N)CN1c1nc(C)nc2c1oc1ccccc12. The van der Waals surface area contributed by atoms with Gasteiger partial charge in [-0.05, 0) is 25.5 Å². The van der Waals surface area contributed by atoms with Gasteiger partial charge in [-0.15, -0.1) is 0 Å². The van der Waals surface area contributed by atoms with E-state index in [9.17, 15) is 4.79 Å². The van der Waals surface area contributed by atoms with Gasteiger partial charge in [-0.3, -0.25) is 0 Å². The number of methoxy groups -OCH3 is 1. The van der Waals surface area contributed by atoms with Crippen LogP contribution in [0, 0.1) is 6.92 Å². The fourth-order valence-electron chi connectivity index (χ4n) is 3.34. The number of nitrogens with zero attached hydrogens (tertiary/aromatic N) is 3. The van der Waals surface area contributed by atoms with E-state index < -0.39 is 6.04 Å². The van der Waals surface area contributed by atoms with E-state index in [1.54, 1.807) is 0 Å². The minimum absolute atomic E-state index is 0.121. The lowest BCUT2D eigenvalue weighted by molar-refractivity contribution is -0.142. The molecule has 0 amide bonds. The molecule has 2 aromatic heterocycles. The summed E-state index contributed by atoms with van der Waals surface area (Å²) in [7, 11) is 1.38. The number of nitrogens with two attached hydrogens (primary N) is 1. The maximum Gasteiger partial charge on any atom is 0.328 e. The van der Waals surface area contributed by atoms with Crippen LogP contribution in [0.1, 0.15) is 12.2 Å². The van der Waals surface area contributed by atoms with E-state index in [1.165, 1.54) is 7.11 Å². The van der Waals surface area contributed by atoms with E-state index in [4.69, 9.17) is 14.9 Å². The van der Waals surface area contributed by atoms with Crippen LogP contribution in [0.25, 0.3) is 22.1 Å². The van der Waals surface area contributed by atoms with Gasteiger partial charge in [0, 0.05) is 18.0 Å². The van der Waals surface area contributed by atoms with Gasteiger partial charge in [0.25, 0.3) is 0 Å². The number of hydrogen-bond acceptors (Lipinski definition) is 7. The molecule has 2 atom stereocenters. The predicted molar refractivity (Wildman–Crippen MR) is 89.8 cm³/mol. The maximum absolute atomic E-state index is 12.1. The van der Waals surface area contributed by atoms with Crippen molar-refractivity contribution in [2.45, 2.75) is 25.4 Å². The molecule has 1 fully saturated rings. The molecule has 0 aliphatic carbocycles. The Morgan fingerprint density at radius 1 is 1.38 bits per heavy atom. The first-order valence-electron chi connectivity index (χ1n) is 7.84. The molecule has 4 rings (SSSR count). The van der Waals surface area contributed by atoms with Crippen LogP contribution in [0.2, 0.25) is 0 Å². The Bertz CT molecular complexity index is 936. The second-order valence-corrected chi connectivity index (χ2v) is 6.06. The number of esters is 1. The van der Waals surface area contributed by atoms with Crippen molar-refractivity contribution in [2.24, 2.45) is 5.73 Å². The molecule has 24 heavy (non-hydrogen) atoms. The summed E-state index contributed by atoms with van der Waals surface area (Å²) in [4.78, 5) is 23.1. The molecule has 0 bridgehead atoms. The zero-order chi connectivity index (χ0) is 16.8. The van der Waals surface area contributed by atoms with Gasteiger partial charge >= 0.3 is 5.97 Å². The highest BCUT2D eigenvalue weighted by molar-refractivity contribution is 6.06. The zero-order valence-electron chi connectivity index (χ0n) is 13.5. The Hall–Kier alpha value is -2.67. The first kappa shape index (κ1) is 14.9. The van der Waals surface area contributed by atoms with Crippen LogP contribution in [0.5, 0.6) is 0 Å². The maximum atomic E-state index is 12.1. The number of aromatic nitrogens is 2. The summed E-state index contributed by atoms with van der Waals surface area (Å²) in [5.74, 6) is 0.897. The molecule has 0 spiro atoms. The normalized spacial score (nSPS) is 20.9. The molecule has 1 aromatic carbocycles. The van der Waals surface area contributed by atoms with Crippen LogP contribution in [0.15, 0.2) is 28.7 Å². The zero-order valence-corrected chi connectivity index (χ0v) is 13.5. The molecule has 7 nitrogen and oxygen atoms in total. The van der Waals surface area contributed by atoms with E-state index in [0.717, 1.165) is 16.5 Å². The Balaban J connectivity index is 1.94. The Morgan fingerprint density at radius 3 is 2.96 bits per heavy atom. The summed E-state index contributed by atoms with van der Waals surface area (Å²) in [6.45, 7) is 2.34. The molecule has 1 aliphatic rings. The van der Waals surface area contributed by atoms with Crippen LogP contribution in [-0.4, -0.2) is 41.7 Å². The minimum atomic E-state index is -0.462. The number of benzene rings is 1. The van der Waals surface area contributed by atoms with Gasteiger partial charge in [0.1, 0.15) is 23.0 Å². The minimum Gasteiger partial charge on any atom is -0.467 e. The monoisotopic (exact) mass is 326 g/mol. The molecule has 0 saturated carbocycles. The Morgan fingerprint density at radius 2 is 2.17 bits per heavy atom. The molecule has 1 saturated heterocycles. The summed E-state index contributed by atoms with van der Waals surface area (Å²) >= 11 is 0. The molecule has 124 valence electrons. The highest BCUT2D eigenvalue weighted by atomic mass is 16.5. The molecule has 0 unspecified atom stereocenters. The summed E-state index contributed by atoms with van der Waals surface area (Å²) in [5.41, 5.74) is 8.14. The second kappa shape index (κ2) is 5.45. The van der Waals surface area contributed by atoms with Crippen LogP contribution in [0.3, 0.4) is 0 Å². The number of anilines is 1. The standard InChI is InChI=1S/C17H18N4O3/c1-9-19-14-11-5-3-4-6-13(11)24-15(14)16(20-9)21-8-10(18)7-12(21)17(22)23-2/h3-6,10,12H,7-8,18H2,1-2H3/t10-,12-/m0/s1. The van der Waals surface area contributed by atoms with Crippen LogP contribution in [0.4, 0.5) is 5.82 Å². The molecule has 3 heterocycles. The number of rotatable bonds is 2. The topological polar surface area (TPSA) is 94.5 Å². The fraction of sp³-hybridized carbons (Fsp3) is 0.353. The first-order chi connectivity index (χ1) is 11.6. The van der Waals surface area contributed by atoms with Gasteiger partial charge < -0.3 is 19.8 Å². The molecular formula is C17H18N4O3.